The van der Waals surface area contributed by atoms with Crippen molar-refractivity contribution in [1.82, 2.24) is 0 Å². The summed E-state index contributed by atoms with van der Waals surface area (Å²) in [7, 11) is 0. The van der Waals surface area contributed by atoms with E-state index in [1.165, 1.54) is 51.4 Å². The third-order valence-corrected chi connectivity index (χ3v) is 7.34. The molecule has 0 N–H and O–H groups in total. The predicted octanol–water partition coefficient (Wildman–Crippen LogP) is 4.57. The molecule has 8 unspecified atom stereocenters. The summed E-state index contributed by atoms with van der Waals surface area (Å²) < 4.78 is 28.7. The van der Waals surface area contributed by atoms with E-state index in [2.05, 4.69) is 13.8 Å². The summed E-state index contributed by atoms with van der Waals surface area (Å²) in [6.07, 6.45) is 15.2. The quantitative estimate of drug-likeness (QED) is 0.212. The van der Waals surface area contributed by atoms with Crippen molar-refractivity contribution in [2.45, 2.75) is 134 Å². The van der Waals surface area contributed by atoms with Crippen molar-refractivity contribution in [3.8, 4) is 0 Å². The van der Waals surface area contributed by atoms with Crippen molar-refractivity contribution >= 4 is 5.97 Å². The van der Waals surface area contributed by atoms with Crippen LogP contribution in [0.15, 0.2) is 0 Å². The lowest BCUT2D eigenvalue weighted by molar-refractivity contribution is -0.153. The Hall–Kier alpha value is -0.690. The van der Waals surface area contributed by atoms with Crippen LogP contribution in [-0.4, -0.2) is 61.9 Å². The zero-order valence-electron chi connectivity index (χ0n) is 19.5. The van der Waals surface area contributed by atoms with Gasteiger partial charge in [-0.3, -0.25) is 4.79 Å². The van der Waals surface area contributed by atoms with Gasteiger partial charge >= 0.3 is 5.97 Å². The number of hydrogen-bond donors (Lipinski definition) is 0. The van der Waals surface area contributed by atoms with Crippen molar-refractivity contribution in [2.75, 3.05) is 13.2 Å². The highest BCUT2D eigenvalue weighted by molar-refractivity contribution is 5.69. The molecular formula is C25H42O6. The van der Waals surface area contributed by atoms with Crippen LogP contribution in [0.2, 0.25) is 0 Å². The van der Waals surface area contributed by atoms with E-state index >= 15 is 0 Å². The maximum absolute atomic E-state index is 12.1. The summed E-state index contributed by atoms with van der Waals surface area (Å²) in [5.41, 5.74) is 0. The highest BCUT2D eigenvalue weighted by Gasteiger charge is 2.48. The number of rotatable bonds is 15. The Morgan fingerprint density at radius 3 is 2.19 bits per heavy atom. The lowest BCUT2D eigenvalue weighted by atomic mass is 10.0. The van der Waals surface area contributed by atoms with Gasteiger partial charge < -0.3 is 23.7 Å². The van der Waals surface area contributed by atoms with E-state index in [0.29, 0.717) is 50.0 Å². The van der Waals surface area contributed by atoms with Gasteiger partial charge in [-0.05, 0) is 19.3 Å². The number of carbonyl (C=O) groups is 1. The first-order valence-electron chi connectivity index (χ1n) is 12.9. The first kappa shape index (κ1) is 23.5. The number of carbonyl (C=O) groups excluding carboxylic acids is 1. The molecule has 0 amide bonds. The summed E-state index contributed by atoms with van der Waals surface area (Å²) >= 11 is 0. The van der Waals surface area contributed by atoms with Gasteiger partial charge in [0.15, 0.2) is 6.10 Å². The van der Waals surface area contributed by atoms with Crippen LogP contribution in [0.4, 0.5) is 0 Å². The molecule has 0 bridgehead atoms. The van der Waals surface area contributed by atoms with Crippen LogP contribution >= 0.6 is 0 Å². The normalized spacial score (nSPS) is 38.3. The first-order chi connectivity index (χ1) is 15.2. The molecule has 0 aromatic heterocycles. The molecule has 4 heterocycles. The maximum Gasteiger partial charge on any atom is 0.306 e. The molecule has 0 saturated carbocycles. The predicted molar refractivity (Wildman–Crippen MR) is 117 cm³/mol. The molecule has 0 spiro atoms. The Morgan fingerprint density at radius 1 is 0.806 bits per heavy atom. The molecule has 4 saturated heterocycles. The summed E-state index contributed by atoms with van der Waals surface area (Å²) in [6, 6.07) is 0. The largest absolute Gasteiger partial charge is 0.457 e. The average molecular weight is 439 g/mol. The summed E-state index contributed by atoms with van der Waals surface area (Å²) in [5.74, 6) is 0.279. The molecule has 31 heavy (non-hydrogen) atoms. The van der Waals surface area contributed by atoms with E-state index in [-0.39, 0.29) is 24.3 Å². The molecule has 6 heteroatoms. The lowest BCUT2D eigenvalue weighted by Crippen LogP contribution is -2.32. The Morgan fingerprint density at radius 2 is 1.45 bits per heavy atom. The van der Waals surface area contributed by atoms with Gasteiger partial charge in [-0.15, -0.1) is 0 Å². The highest BCUT2D eigenvalue weighted by atomic mass is 16.6. The van der Waals surface area contributed by atoms with Gasteiger partial charge in [0.05, 0.1) is 43.7 Å². The number of ether oxygens (including phenoxy) is 5. The van der Waals surface area contributed by atoms with Crippen molar-refractivity contribution in [3.05, 3.63) is 0 Å². The minimum Gasteiger partial charge on any atom is -0.457 e. The zero-order valence-corrected chi connectivity index (χ0v) is 19.5. The highest BCUT2D eigenvalue weighted by Crippen LogP contribution is 2.39. The van der Waals surface area contributed by atoms with Gasteiger partial charge in [-0.1, -0.05) is 58.8 Å². The van der Waals surface area contributed by atoms with Crippen LogP contribution in [0.25, 0.3) is 0 Å². The van der Waals surface area contributed by atoms with Crippen molar-refractivity contribution in [2.24, 2.45) is 5.92 Å². The number of fused-ring (bicyclic) bond motifs is 1. The third kappa shape index (κ3) is 6.89. The topological polar surface area (TPSA) is 69.8 Å². The van der Waals surface area contributed by atoms with E-state index in [4.69, 9.17) is 23.7 Å². The fourth-order valence-electron chi connectivity index (χ4n) is 5.23. The van der Waals surface area contributed by atoms with Crippen LogP contribution in [0, 0.1) is 5.92 Å². The summed E-state index contributed by atoms with van der Waals surface area (Å²) in [5, 5.41) is 0. The van der Waals surface area contributed by atoms with Crippen LogP contribution in [-0.2, 0) is 28.5 Å². The van der Waals surface area contributed by atoms with Crippen LogP contribution in [0.1, 0.15) is 90.9 Å². The Labute approximate surface area is 187 Å². The second-order valence-electron chi connectivity index (χ2n) is 10.1. The number of unbranched alkanes of at least 4 members (excludes halogenated alkanes) is 6. The van der Waals surface area contributed by atoms with Crippen molar-refractivity contribution < 1.29 is 28.5 Å². The van der Waals surface area contributed by atoms with Gasteiger partial charge in [-0.25, -0.2) is 0 Å². The maximum atomic E-state index is 12.1. The lowest BCUT2D eigenvalue weighted by Gasteiger charge is -2.16. The summed E-state index contributed by atoms with van der Waals surface area (Å²) in [6.45, 7) is 5.54. The fraction of sp³-hybridized carbons (Fsp3) is 0.960. The molecule has 0 radical (unpaired) electrons. The fourth-order valence-corrected chi connectivity index (χ4v) is 5.23. The smallest absolute Gasteiger partial charge is 0.306 e. The van der Waals surface area contributed by atoms with Crippen LogP contribution < -0.4 is 0 Å². The molecule has 6 nitrogen and oxygen atoms in total. The zero-order chi connectivity index (χ0) is 21.6. The molecule has 0 aromatic rings. The van der Waals surface area contributed by atoms with E-state index < -0.39 is 0 Å². The van der Waals surface area contributed by atoms with Gasteiger partial charge in [0, 0.05) is 18.8 Å². The van der Waals surface area contributed by atoms with Gasteiger partial charge in [-0.2, -0.15) is 0 Å². The van der Waals surface area contributed by atoms with E-state index in [9.17, 15) is 4.79 Å². The molecule has 0 aliphatic carbocycles. The van der Waals surface area contributed by atoms with Gasteiger partial charge in [0.25, 0.3) is 0 Å². The molecule has 0 aromatic carbocycles. The number of esters is 1. The van der Waals surface area contributed by atoms with Gasteiger partial charge in [0.1, 0.15) is 6.10 Å². The Balaban J connectivity index is 0.945. The molecule has 4 fully saturated rings. The number of epoxide rings is 2. The number of hydrogen-bond acceptors (Lipinski definition) is 6. The second-order valence-corrected chi connectivity index (χ2v) is 10.1. The molecule has 4 aliphatic rings. The molecule has 4 rings (SSSR count). The third-order valence-electron chi connectivity index (χ3n) is 7.34. The summed E-state index contributed by atoms with van der Waals surface area (Å²) in [4.78, 5) is 12.1. The van der Waals surface area contributed by atoms with E-state index in [1.807, 2.05) is 0 Å². The van der Waals surface area contributed by atoms with Crippen molar-refractivity contribution in [1.29, 1.82) is 0 Å². The minimum absolute atomic E-state index is 0.0640. The van der Waals surface area contributed by atoms with Gasteiger partial charge in [0.2, 0.25) is 0 Å². The molecule has 8 atom stereocenters. The van der Waals surface area contributed by atoms with E-state index in [1.54, 1.807) is 0 Å². The van der Waals surface area contributed by atoms with Crippen LogP contribution in [0.3, 0.4) is 0 Å². The van der Waals surface area contributed by atoms with Crippen molar-refractivity contribution in [3.63, 3.8) is 0 Å². The standard InChI is InChI=1S/C25H42O6/c1-3-4-8-11-18-20(29-18)14-21-19(30-21)12-9-6-5-7-10-13-23(26)31-22-16-28-24-17(2)15-27-25(22)24/h17-22,24-25H,3-16H2,1-2H3. The average Bonchev–Trinajstić information content (AvgIpc) is 3.59. The van der Waals surface area contributed by atoms with Crippen LogP contribution in [0.5, 0.6) is 0 Å². The second kappa shape index (κ2) is 11.4. The molecular weight excluding hydrogens is 396 g/mol. The SMILES string of the molecule is CCCCCC1OC1CC1OC1CCCCCCCC(=O)OC1COC2C(C)COC12. The Kier molecular flexibility index (Phi) is 8.66. The molecule has 4 aliphatic heterocycles. The minimum atomic E-state index is -0.221. The monoisotopic (exact) mass is 438 g/mol. The Bertz CT molecular complexity index is 568. The van der Waals surface area contributed by atoms with E-state index in [0.717, 1.165) is 19.3 Å². The molecule has 178 valence electrons. The first-order valence-corrected chi connectivity index (χ1v) is 12.9.